The zero-order valence-corrected chi connectivity index (χ0v) is 8.74. The van der Waals surface area contributed by atoms with Crippen molar-refractivity contribution in [3.63, 3.8) is 0 Å². The van der Waals surface area contributed by atoms with Crippen LogP contribution in [-0.2, 0) is 4.79 Å². The van der Waals surface area contributed by atoms with Crippen molar-refractivity contribution in [1.82, 2.24) is 10.3 Å². The Balaban J connectivity index is 2.62. The van der Waals surface area contributed by atoms with Crippen molar-refractivity contribution in [2.45, 2.75) is 19.4 Å². The molecule has 1 heterocycles. The molecule has 0 aliphatic rings. The van der Waals surface area contributed by atoms with Crippen molar-refractivity contribution in [1.29, 1.82) is 0 Å². The number of nitrogens with two attached hydrogens (primary N) is 1. The predicted octanol–water partition coefficient (Wildman–Crippen LogP) is 0.214. The van der Waals surface area contributed by atoms with Gasteiger partial charge < -0.3 is 11.1 Å². The van der Waals surface area contributed by atoms with Gasteiger partial charge in [-0.1, -0.05) is 6.07 Å². The van der Waals surface area contributed by atoms with E-state index in [0.29, 0.717) is 0 Å². The minimum atomic E-state index is -0.727. The average Bonchev–Trinajstić information content (AvgIpc) is 2.16. The Hall–Kier alpha value is -1.98. The van der Waals surface area contributed by atoms with Crippen molar-refractivity contribution in [3.8, 4) is 0 Å². The second-order valence-corrected chi connectivity index (χ2v) is 3.39. The Morgan fingerprint density at radius 1 is 1.56 bits per heavy atom. The molecule has 0 aliphatic heterocycles. The molecule has 1 atom stereocenters. The van der Waals surface area contributed by atoms with Crippen LogP contribution in [0.1, 0.15) is 23.8 Å². The number of halogens is 1. The molecule has 6 heteroatoms. The van der Waals surface area contributed by atoms with Gasteiger partial charge in [-0.05, 0) is 19.1 Å². The zero-order valence-electron chi connectivity index (χ0n) is 8.74. The molecule has 2 amide bonds. The fourth-order valence-electron chi connectivity index (χ4n) is 1.19. The van der Waals surface area contributed by atoms with Crippen LogP contribution in [0, 0.1) is 5.95 Å². The highest BCUT2D eigenvalue weighted by atomic mass is 19.1. The molecule has 86 valence electrons. The lowest BCUT2D eigenvalue weighted by molar-refractivity contribution is -0.118. The number of primary amides is 1. The molecule has 1 aromatic heterocycles. The first-order valence-electron chi connectivity index (χ1n) is 4.70. The summed E-state index contributed by atoms with van der Waals surface area (Å²) in [5.41, 5.74) is 4.93. The van der Waals surface area contributed by atoms with Gasteiger partial charge in [-0.25, -0.2) is 4.98 Å². The van der Waals surface area contributed by atoms with Crippen molar-refractivity contribution < 1.29 is 14.0 Å². The Labute approximate surface area is 91.9 Å². The highest BCUT2D eigenvalue weighted by Crippen LogP contribution is 1.99. The fraction of sp³-hybridized carbons (Fsp3) is 0.300. The standard InChI is InChI=1S/C10H12FN3O2/c1-6(5-9(12)15)13-10(16)7-3-2-4-8(11)14-7/h2-4,6H,5H2,1H3,(H2,12,15)(H,13,16). The summed E-state index contributed by atoms with van der Waals surface area (Å²) in [6.45, 7) is 1.63. The number of pyridine rings is 1. The molecule has 0 saturated heterocycles. The van der Waals surface area contributed by atoms with Crippen LogP contribution in [0.15, 0.2) is 18.2 Å². The third kappa shape index (κ3) is 3.64. The lowest BCUT2D eigenvalue weighted by Crippen LogP contribution is -2.36. The second-order valence-electron chi connectivity index (χ2n) is 3.39. The maximum absolute atomic E-state index is 12.7. The maximum Gasteiger partial charge on any atom is 0.270 e. The Kier molecular flexibility index (Phi) is 3.93. The summed E-state index contributed by atoms with van der Waals surface area (Å²) in [6.07, 6.45) is 0.0288. The number of hydrogen-bond donors (Lipinski definition) is 2. The Bertz CT molecular complexity index is 409. The molecule has 16 heavy (non-hydrogen) atoms. The third-order valence-electron chi connectivity index (χ3n) is 1.83. The summed E-state index contributed by atoms with van der Waals surface area (Å²) in [6, 6.07) is 3.50. The van der Waals surface area contributed by atoms with Crippen molar-refractivity contribution in [2.75, 3.05) is 0 Å². The molecule has 1 unspecified atom stereocenters. The lowest BCUT2D eigenvalue weighted by atomic mass is 10.2. The monoisotopic (exact) mass is 225 g/mol. The summed E-state index contributed by atoms with van der Waals surface area (Å²) in [7, 11) is 0. The van der Waals surface area contributed by atoms with E-state index >= 15 is 0 Å². The number of carbonyl (C=O) groups excluding carboxylic acids is 2. The molecule has 1 rings (SSSR count). The van der Waals surface area contributed by atoms with Gasteiger partial charge >= 0.3 is 0 Å². The van der Waals surface area contributed by atoms with E-state index in [4.69, 9.17) is 5.73 Å². The molecule has 5 nitrogen and oxygen atoms in total. The highest BCUT2D eigenvalue weighted by molar-refractivity contribution is 5.92. The summed E-state index contributed by atoms with van der Waals surface area (Å²) in [5, 5.41) is 2.49. The number of aromatic nitrogens is 1. The first kappa shape index (κ1) is 12.1. The average molecular weight is 225 g/mol. The smallest absolute Gasteiger partial charge is 0.270 e. The largest absolute Gasteiger partial charge is 0.370 e. The summed E-state index contributed by atoms with van der Waals surface area (Å²) in [5.74, 6) is -1.77. The number of hydrogen-bond acceptors (Lipinski definition) is 3. The molecule has 0 radical (unpaired) electrons. The van der Waals surface area contributed by atoms with Crippen LogP contribution in [0.25, 0.3) is 0 Å². The number of nitrogens with zero attached hydrogens (tertiary/aromatic N) is 1. The van der Waals surface area contributed by atoms with Gasteiger partial charge in [0, 0.05) is 12.5 Å². The van der Waals surface area contributed by atoms with Crippen LogP contribution in [0.2, 0.25) is 0 Å². The molecule has 3 N–H and O–H groups in total. The van der Waals surface area contributed by atoms with E-state index in [2.05, 4.69) is 10.3 Å². The number of carbonyl (C=O) groups is 2. The van der Waals surface area contributed by atoms with E-state index in [1.165, 1.54) is 12.1 Å². The SMILES string of the molecule is CC(CC(N)=O)NC(=O)c1cccc(F)n1. The van der Waals surface area contributed by atoms with Gasteiger partial charge in [-0.2, -0.15) is 4.39 Å². The van der Waals surface area contributed by atoms with Gasteiger partial charge in [0.1, 0.15) is 5.69 Å². The third-order valence-corrected chi connectivity index (χ3v) is 1.83. The van der Waals surface area contributed by atoms with Gasteiger partial charge in [-0.3, -0.25) is 9.59 Å². The van der Waals surface area contributed by atoms with E-state index in [9.17, 15) is 14.0 Å². The van der Waals surface area contributed by atoms with E-state index in [1.54, 1.807) is 6.92 Å². The van der Waals surface area contributed by atoms with Crippen LogP contribution in [0.5, 0.6) is 0 Å². The van der Waals surface area contributed by atoms with Crippen LogP contribution in [0.3, 0.4) is 0 Å². The quantitative estimate of drug-likeness (QED) is 0.718. The van der Waals surface area contributed by atoms with Crippen molar-refractivity contribution in [2.24, 2.45) is 5.73 Å². The van der Waals surface area contributed by atoms with Crippen LogP contribution >= 0.6 is 0 Å². The van der Waals surface area contributed by atoms with E-state index in [0.717, 1.165) is 6.07 Å². The summed E-state index contributed by atoms with van der Waals surface area (Å²) >= 11 is 0. The molecular weight excluding hydrogens is 213 g/mol. The van der Waals surface area contributed by atoms with Gasteiger partial charge in [0.15, 0.2) is 0 Å². The van der Waals surface area contributed by atoms with Crippen molar-refractivity contribution in [3.05, 3.63) is 29.8 Å². The summed E-state index contributed by atoms with van der Waals surface area (Å²) in [4.78, 5) is 25.5. The van der Waals surface area contributed by atoms with Gasteiger partial charge in [0.2, 0.25) is 11.9 Å². The highest BCUT2D eigenvalue weighted by Gasteiger charge is 2.12. The molecule has 1 aromatic rings. The molecule has 0 aromatic carbocycles. The molecule has 0 bridgehead atoms. The molecule has 0 fully saturated rings. The van der Waals surface area contributed by atoms with Crippen molar-refractivity contribution >= 4 is 11.8 Å². The predicted molar refractivity (Wildman–Crippen MR) is 54.9 cm³/mol. The minimum absolute atomic E-state index is 0.0288. The van der Waals surface area contributed by atoms with E-state index in [1.807, 2.05) is 0 Å². The summed E-state index contributed by atoms with van der Waals surface area (Å²) < 4.78 is 12.7. The van der Waals surface area contributed by atoms with Crippen LogP contribution in [0.4, 0.5) is 4.39 Å². The topological polar surface area (TPSA) is 85.1 Å². The molecule has 0 saturated carbocycles. The molecular formula is C10H12FN3O2. The van der Waals surface area contributed by atoms with Gasteiger partial charge in [0.25, 0.3) is 5.91 Å². The van der Waals surface area contributed by atoms with E-state index in [-0.39, 0.29) is 12.1 Å². The maximum atomic E-state index is 12.7. The van der Waals surface area contributed by atoms with E-state index < -0.39 is 23.8 Å². The Morgan fingerprint density at radius 3 is 2.81 bits per heavy atom. The van der Waals surface area contributed by atoms with Crippen LogP contribution in [-0.4, -0.2) is 22.8 Å². The zero-order chi connectivity index (χ0) is 12.1. The second kappa shape index (κ2) is 5.20. The minimum Gasteiger partial charge on any atom is -0.370 e. The fourth-order valence-corrected chi connectivity index (χ4v) is 1.19. The molecule has 0 spiro atoms. The first-order chi connectivity index (χ1) is 7.49. The van der Waals surface area contributed by atoms with Gasteiger partial charge in [-0.15, -0.1) is 0 Å². The first-order valence-corrected chi connectivity index (χ1v) is 4.70. The Morgan fingerprint density at radius 2 is 2.25 bits per heavy atom. The number of amides is 2. The normalized spacial score (nSPS) is 11.9. The lowest BCUT2D eigenvalue weighted by Gasteiger charge is -2.11. The van der Waals surface area contributed by atoms with Gasteiger partial charge in [0.05, 0.1) is 0 Å². The van der Waals surface area contributed by atoms with Crippen LogP contribution < -0.4 is 11.1 Å². The number of rotatable bonds is 4. The number of nitrogens with one attached hydrogen (secondary N) is 1. The molecule has 0 aliphatic carbocycles.